The number of rotatable bonds is 6. The lowest BCUT2D eigenvalue weighted by Gasteiger charge is -2.27. The van der Waals surface area contributed by atoms with E-state index in [4.69, 9.17) is 14.2 Å². The van der Waals surface area contributed by atoms with Gasteiger partial charge < -0.3 is 19.1 Å². The summed E-state index contributed by atoms with van der Waals surface area (Å²) in [5, 5.41) is 14.5. The molecular weight excluding hydrogens is 469 g/mol. The van der Waals surface area contributed by atoms with Crippen LogP contribution in [0.25, 0.3) is 11.1 Å². The summed E-state index contributed by atoms with van der Waals surface area (Å²) in [5.41, 5.74) is 0.830. The van der Waals surface area contributed by atoms with Gasteiger partial charge in [0.2, 0.25) is 0 Å². The molecule has 0 radical (unpaired) electrons. The molecule has 2 aliphatic rings. The van der Waals surface area contributed by atoms with Crippen molar-refractivity contribution in [2.45, 2.75) is 64.4 Å². The number of ether oxygens (including phenoxy) is 3. The molecule has 194 valence electrons. The Labute approximate surface area is 209 Å². The van der Waals surface area contributed by atoms with E-state index in [-0.39, 0.29) is 23.8 Å². The molecule has 2 aliphatic heterocycles. The predicted octanol–water partition coefficient (Wildman–Crippen LogP) is 5.87. The molecule has 2 aromatic rings. The maximum Gasteiger partial charge on any atom is 0.412 e. The standard InChI is InChI=1S/C26H32FN3O6/c1-26(2,3)36-25(31)28-21-15-22(29-12-11-19(16-29)35-24-6-4-5-13-34-24)20(14-23(21)30(32)33)17-7-9-18(27)10-8-17/h7-10,14-15,19,24H,4-6,11-13,16H2,1-3H3,(H,28,31)/t19?,24-/m1/s1. The van der Waals surface area contributed by atoms with E-state index in [9.17, 15) is 19.3 Å². The molecule has 0 aliphatic carbocycles. The van der Waals surface area contributed by atoms with Crippen molar-refractivity contribution in [1.82, 2.24) is 0 Å². The molecule has 10 heteroatoms. The highest BCUT2D eigenvalue weighted by Crippen LogP contribution is 2.41. The number of hydrogen-bond donors (Lipinski definition) is 1. The van der Waals surface area contributed by atoms with Crippen molar-refractivity contribution >= 4 is 23.2 Å². The van der Waals surface area contributed by atoms with Crippen LogP contribution in [-0.2, 0) is 14.2 Å². The summed E-state index contributed by atoms with van der Waals surface area (Å²) < 4.78 is 30.8. The third-order valence-corrected chi connectivity index (χ3v) is 6.07. The minimum Gasteiger partial charge on any atom is -0.444 e. The van der Waals surface area contributed by atoms with Crippen LogP contribution in [0, 0.1) is 15.9 Å². The van der Waals surface area contributed by atoms with Gasteiger partial charge in [-0.2, -0.15) is 0 Å². The molecule has 36 heavy (non-hydrogen) atoms. The van der Waals surface area contributed by atoms with Crippen LogP contribution >= 0.6 is 0 Å². The van der Waals surface area contributed by atoms with Crippen LogP contribution in [0.2, 0.25) is 0 Å². The van der Waals surface area contributed by atoms with Crippen molar-refractivity contribution in [2.75, 3.05) is 29.9 Å². The van der Waals surface area contributed by atoms with Crippen molar-refractivity contribution in [3.05, 3.63) is 52.3 Å². The first-order valence-corrected chi connectivity index (χ1v) is 12.2. The number of nitrogens with one attached hydrogen (secondary N) is 1. The lowest BCUT2D eigenvalue weighted by molar-refractivity contribution is -0.383. The molecular formula is C26H32FN3O6. The number of anilines is 2. The highest BCUT2D eigenvalue weighted by molar-refractivity contribution is 5.93. The molecule has 2 heterocycles. The van der Waals surface area contributed by atoms with E-state index < -0.39 is 22.4 Å². The normalized spacial score (nSPS) is 20.3. The predicted molar refractivity (Wildman–Crippen MR) is 134 cm³/mol. The van der Waals surface area contributed by atoms with Crippen LogP contribution in [0.1, 0.15) is 46.5 Å². The van der Waals surface area contributed by atoms with Crippen molar-refractivity contribution < 1.29 is 28.3 Å². The first-order valence-electron chi connectivity index (χ1n) is 12.2. The van der Waals surface area contributed by atoms with Gasteiger partial charge in [0.15, 0.2) is 6.29 Å². The van der Waals surface area contributed by atoms with E-state index in [0.717, 1.165) is 25.7 Å². The monoisotopic (exact) mass is 501 g/mol. The molecule has 1 unspecified atom stereocenters. The summed E-state index contributed by atoms with van der Waals surface area (Å²) in [4.78, 5) is 25.9. The van der Waals surface area contributed by atoms with Gasteiger partial charge in [0.25, 0.3) is 5.69 Å². The van der Waals surface area contributed by atoms with Gasteiger partial charge >= 0.3 is 6.09 Å². The summed E-state index contributed by atoms with van der Waals surface area (Å²) in [6.07, 6.45) is 2.65. The molecule has 2 saturated heterocycles. The first-order chi connectivity index (χ1) is 17.1. The number of nitrogens with zero attached hydrogens (tertiary/aromatic N) is 2. The van der Waals surface area contributed by atoms with Gasteiger partial charge in [0, 0.05) is 37.0 Å². The van der Waals surface area contributed by atoms with Crippen molar-refractivity contribution in [2.24, 2.45) is 0 Å². The number of nitro groups is 1. The van der Waals surface area contributed by atoms with Gasteiger partial charge in [-0.15, -0.1) is 0 Å². The topological polar surface area (TPSA) is 103 Å². The summed E-state index contributed by atoms with van der Waals surface area (Å²) in [7, 11) is 0. The molecule has 0 aromatic heterocycles. The zero-order chi connectivity index (χ0) is 25.9. The smallest absolute Gasteiger partial charge is 0.412 e. The van der Waals surface area contributed by atoms with E-state index in [1.165, 1.54) is 18.2 Å². The van der Waals surface area contributed by atoms with Crippen LogP contribution < -0.4 is 10.2 Å². The Bertz CT molecular complexity index is 1100. The molecule has 4 rings (SSSR count). The minimum atomic E-state index is -0.789. The fraction of sp³-hybridized carbons (Fsp3) is 0.500. The van der Waals surface area contributed by atoms with Crippen molar-refractivity contribution in [3.63, 3.8) is 0 Å². The van der Waals surface area contributed by atoms with Crippen LogP contribution in [0.3, 0.4) is 0 Å². The van der Waals surface area contributed by atoms with Gasteiger partial charge in [-0.05, 0) is 70.2 Å². The van der Waals surface area contributed by atoms with Crippen LogP contribution in [-0.4, -0.2) is 48.7 Å². The van der Waals surface area contributed by atoms with Gasteiger partial charge in [-0.1, -0.05) is 12.1 Å². The highest BCUT2D eigenvalue weighted by Gasteiger charge is 2.31. The maximum atomic E-state index is 13.6. The Morgan fingerprint density at radius 1 is 1.19 bits per heavy atom. The Hall–Kier alpha value is -3.24. The third-order valence-electron chi connectivity index (χ3n) is 6.07. The van der Waals surface area contributed by atoms with Crippen LogP contribution in [0.5, 0.6) is 0 Å². The highest BCUT2D eigenvalue weighted by atomic mass is 19.1. The SMILES string of the molecule is CC(C)(C)OC(=O)Nc1cc(N2CCC(O[C@@H]3CCCCO3)C2)c(-c2ccc(F)cc2)cc1[N+](=O)[O-]. The molecule has 0 saturated carbocycles. The number of benzene rings is 2. The number of nitro benzene ring substituents is 1. The van der Waals surface area contributed by atoms with Crippen molar-refractivity contribution in [3.8, 4) is 11.1 Å². The second-order valence-electron chi connectivity index (χ2n) is 10.1. The minimum absolute atomic E-state index is 0.0232. The van der Waals surface area contributed by atoms with Gasteiger partial charge in [0.1, 0.15) is 17.1 Å². The van der Waals surface area contributed by atoms with Crippen molar-refractivity contribution in [1.29, 1.82) is 0 Å². The van der Waals surface area contributed by atoms with E-state index in [2.05, 4.69) is 10.2 Å². The number of halogens is 1. The van der Waals surface area contributed by atoms with E-state index >= 15 is 0 Å². The van der Waals surface area contributed by atoms with Gasteiger partial charge in [0.05, 0.1) is 11.0 Å². The van der Waals surface area contributed by atoms with E-state index in [1.807, 2.05) is 0 Å². The molecule has 0 bridgehead atoms. The number of hydrogen-bond acceptors (Lipinski definition) is 7. The first kappa shape index (κ1) is 25.8. The molecule has 1 amide bonds. The summed E-state index contributed by atoms with van der Waals surface area (Å²) in [5.74, 6) is -0.403. The third kappa shape index (κ3) is 6.50. The maximum absolute atomic E-state index is 13.6. The Kier molecular flexibility index (Phi) is 7.75. The van der Waals surface area contributed by atoms with Crippen LogP contribution in [0.4, 0.5) is 26.2 Å². The zero-order valence-electron chi connectivity index (χ0n) is 20.8. The lowest BCUT2D eigenvalue weighted by Crippen LogP contribution is -2.30. The summed E-state index contributed by atoms with van der Waals surface area (Å²) >= 11 is 0. The summed E-state index contributed by atoms with van der Waals surface area (Å²) in [6.45, 7) is 7.03. The second kappa shape index (κ2) is 10.8. The molecule has 2 atom stereocenters. The quantitative estimate of drug-likeness (QED) is 0.390. The number of carbonyl (C=O) groups excluding carboxylic acids is 1. The molecule has 9 nitrogen and oxygen atoms in total. The second-order valence-corrected chi connectivity index (χ2v) is 10.1. The number of carbonyl (C=O) groups is 1. The molecule has 2 fully saturated rings. The largest absolute Gasteiger partial charge is 0.444 e. The Morgan fingerprint density at radius 2 is 1.94 bits per heavy atom. The lowest BCUT2D eigenvalue weighted by atomic mass is 10.0. The molecule has 0 spiro atoms. The Morgan fingerprint density at radius 3 is 2.58 bits per heavy atom. The van der Waals surface area contributed by atoms with Gasteiger partial charge in [-0.25, -0.2) is 9.18 Å². The Balaban J connectivity index is 1.67. The molecule has 2 aromatic carbocycles. The van der Waals surface area contributed by atoms with Gasteiger partial charge in [-0.3, -0.25) is 15.4 Å². The number of amides is 1. The zero-order valence-corrected chi connectivity index (χ0v) is 20.8. The fourth-order valence-electron chi connectivity index (χ4n) is 4.46. The summed E-state index contributed by atoms with van der Waals surface area (Å²) in [6, 6.07) is 8.79. The average Bonchev–Trinajstić information content (AvgIpc) is 3.27. The average molecular weight is 502 g/mol. The van der Waals surface area contributed by atoms with E-state index in [0.29, 0.717) is 36.5 Å². The van der Waals surface area contributed by atoms with Crippen LogP contribution in [0.15, 0.2) is 36.4 Å². The fourth-order valence-corrected chi connectivity index (χ4v) is 4.46. The molecule has 1 N–H and O–H groups in total. The van der Waals surface area contributed by atoms with E-state index in [1.54, 1.807) is 39.0 Å².